The average Bonchev–Trinajstić information content (AvgIpc) is 3.67. The number of para-hydroxylation sites is 2. The SMILES string of the molecule is NC(=O)CC(NC(=O)C(Cc1ccccc1)NC(=O)C(Cc1c[nH]c2ccccc12)NC(=O)C(N)Cc1c[nH]c2ccccc12)C(=O)O. The van der Waals surface area contributed by atoms with Crippen LogP contribution in [0.2, 0.25) is 0 Å². The molecule has 0 saturated heterocycles. The number of carbonyl (C=O) groups excluding carboxylic acids is 4. The first-order valence-corrected chi connectivity index (χ1v) is 15.4. The second kappa shape index (κ2) is 15.1. The van der Waals surface area contributed by atoms with Crippen molar-refractivity contribution in [2.75, 3.05) is 0 Å². The zero-order valence-electron chi connectivity index (χ0n) is 25.9. The summed E-state index contributed by atoms with van der Waals surface area (Å²) in [4.78, 5) is 70.5. The summed E-state index contributed by atoms with van der Waals surface area (Å²) in [6.07, 6.45) is 3.16. The number of nitrogens with two attached hydrogens (primary N) is 2. The second-order valence-corrected chi connectivity index (χ2v) is 11.6. The predicted octanol–water partition coefficient (Wildman–Crippen LogP) is 1.42. The Hall–Kier alpha value is -5.95. The number of carboxylic acid groups (broad SMARTS) is 1. The number of aliphatic carboxylic acids is 1. The zero-order chi connectivity index (χ0) is 34.2. The van der Waals surface area contributed by atoms with E-state index < -0.39 is 60.2 Å². The van der Waals surface area contributed by atoms with E-state index >= 15 is 0 Å². The minimum absolute atomic E-state index is 0.00481. The highest BCUT2D eigenvalue weighted by molar-refractivity contribution is 5.96. The molecule has 0 bridgehead atoms. The van der Waals surface area contributed by atoms with E-state index in [1.165, 1.54) is 0 Å². The Bertz CT molecular complexity index is 1940. The lowest BCUT2D eigenvalue weighted by molar-refractivity contribution is -0.143. The van der Waals surface area contributed by atoms with Crippen molar-refractivity contribution in [1.82, 2.24) is 25.9 Å². The number of carbonyl (C=O) groups is 5. The fourth-order valence-corrected chi connectivity index (χ4v) is 5.64. The van der Waals surface area contributed by atoms with Gasteiger partial charge in [-0.15, -0.1) is 0 Å². The molecule has 0 aliphatic carbocycles. The van der Waals surface area contributed by atoms with Crippen molar-refractivity contribution in [2.45, 2.75) is 49.9 Å². The normalized spacial score (nSPS) is 13.7. The van der Waals surface area contributed by atoms with Gasteiger partial charge >= 0.3 is 5.97 Å². The van der Waals surface area contributed by atoms with E-state index in [0.717, 1.165) is 32.9 Å². The van der Waals surface area contributed by atoms with Crippen molar-refractivity contribution < 1.29 is 29.1 Å². The van der Waals surface area contributed by atoms with Crippen molar-refractivity contribution in [3.8, 4) is 0 Å². The molecule has 0 radical (unpaired) electrons. The Morgan fingerprint density at radius 2 is 1.10 bits per heavy atom. The highest BCUT2D eigenvalue weighted by atomic mass is 16.4. The molecule has 2 aromatic heterocycles. The van der Waals surface area contributed by atoms with Gasteiger partial charge in [0.2, 0.25) is 23.6 Å². The number of aromatic nitrogens is 2. The third-order valence-corrected chi connectivity index (χ3v) is 8.12. The molecule has 48 heavy (non-hydrogen) atoms. The van der Waals surface area contributed by atoms with Crippen LogP contribution in [0.4, 0.5) is 0 Å². The summed E-state index contributed by atoms with van der Waals surface area (Å²) in [5.74, 6) is -4.48. The number of fused-ring (bicyclic) bond motifs is 2. The molecule has 4 unspecified atom stereocenters. The molecule has 0 saturated carbocycles. The zero-order valence-corrected chi connectivity index (χ0v) is 25.9. The number of hydrogen-bond donors (Lipinski definition) is 8. The smallest absolute Gasteiger partial charge is 0.326 e. The molecule has 0 spiro atoms. The molecule has 0 aliphatic rings. The maximum atomic E-state index is 14.0. The van der Waals surface area contributed by atoms with E-state index in [1.54, 1.807) is 42.7 Å². The molecule has 13 heteroatoms. The van der Waals surface area contributed by atoms with Crippen LogP contribution in [0, 0.1) is 0 Å². The van der Waals surface area contributed by atoms with Crippen LogP contribution in [0.25, 0.3) is 21.8 Å². The maximum absolute atomic E-state index is 14.0. The molecular weight excluding hydrogens is 614 g/mol. The first-order chi connectivity index (χ1) is 23.1. The van der Waals surface area contributed by atoms with Crippen LogP contribution < -0.4 is 27.4 Å². The van der Waals surface area contributed by atoms with Gasteiger partial charge in [0, 0.05) is 47.0 Å². The van der Waals surface area contributed by atoms with Crippen LogP contribution in [0.1, 0.15) is 23.1 Å². The van der Waals surface area contributed by atoms with E-state index in [2.05, 4.69) is 25.9 Å². The summed E-state index contributed by atoms with van der Waals surface area (Å²) in [6, 6.07) is 18.9. The van der Waals surface area contributed by atoms with E-state index in [9.17, 15) is 29.1 Å². The molecule has 5 aromatic rings. The summed E-state index contributed by atoms with van der Waals surface area (Å²) in [5.41, 5.74) is 15.6. The number of nitrogens with one attached hydrogen (secondary N) is 5. The van der Waals surface area contributed by atoms with Crippen LogP contribution in [-0.2, 0) is 43.2 Å². The molecule has 13 nitrogen and oxygen atoms in total. The van der Waals surface area contributed by atoms with Crippen LogP contribution in [-0.4, -0.2) is 68.8 Å². The monoisotopic (exact) mass is 651 g/mol. The van der Waals surface area contributed by atoms with Crippen molar-refractivity contribution in [1.29, 1.82) is 0 Å². The molecule has 5 rings (SSSR count). The number of benzene rings is 3. The molecular formula is C35H37N7O6. The molecule has 4 atom stereocenters. The summed E-state index contributed by atoms with van der Waals surface area (Å²) < 4.78 is 0. The van der Waals surface area contributed by atoms with Crippen LogP contribution in [0.15, 0.2) is 91.3 Å². The fraction of sp³-hybridized carbons (Fsp3) is 0.229. The molecule has 2 heterocycles. The average molecular weight is 652 g/mol. The number of primary amides is 1. The summed E-state index contributed by atoms with van der Waals surface area (Å²) >= 11 is 0. The van der Waals surface area contributed by atoms with Crippen LogP contribution in [0.3, 0.4) is 0 Å². The van der Waals surface area contributed by atoms with Crippen LogP contribution >= 0.6 is 0 Å². The number of H-pyrrole nitrogens is 2. The molecule has 0 aliphatic heterocycles. The highest BCUT2D eigenvalue weighted by Crippen LogP contribution is 2.21. The van der Waals surface area contributed by atoms with Crippen LogP contribution in [0.5, 0.6) is 0 Å². The minimum Gasteiger partial charge on any atom is -0.480 e. The quantitative estimate of drug-likeness (QED) is 0.0830. The standard InChI is InChI=1S/C35H37N7O6/c36-25(15-21-18-38-26-12-6-4-10-23(21)26)32(44)40-29(16-22-19-39-27-13-7-5-11-24(22)27)34(46)41-28(14-20-8-2-1-3-9-20)33(45)42-30(35(47)48)17-31(37)43/h1-13,18-19,25,28-30,38-39H,14-17,36H2,(H2,37,43)(H,40,44)(H,41,46)(H,42,45)(H,47,48). The Balaban J connectivity index is 1.39. The Morgan fingerprint density at radius 3 is 1.67 bits per heavy atom. The largest absolute Gasteiger partial charge is 0.480 e. The number of carboxylic acids is 1. The predicted molar refractivity (Wildman–Crippen MR) is 179 cm³/mol. The summed E-state index contributed by atoms with van der Waals surface area (Å²) in [7, 11) is 0. The Kier molecular flexibility index (Phi) is 10.5. The fourth-order valence-electron chi connectivity index (χ4n) is 5.64. The lowest BCUT2D eigenvalue weighted by Crippen LogP contribution is -2.58. The number of amides is 4. The van der Waals surface area contributed by atoms with Gasteiger partial charge < -0.3 is 42.5 Å². The molecule has 3 aromatic carbocycles. The number of rotatable bonds is 15. The summed E-state index contributed by atoms with van der Waals surface area (Å²) in [5, 5.41) is 19.2. The van der Waals surface area contributed by atoms with E-state index in [4.69, 9.17) is 11.5 Å². The lowest BCUT2D eigenvalue weighted by Gasteiger charge is -2.25. The molecule has 10 N–H and O–H groups in total. The molecule has 0 fully saturated rings. The van der Waals surface area contributed by atoms with E-state index in [-0.39, 0.29) is 19.3 Å². The Labute approximate surface area is 275 Å². The van der Waals surface area contributed by atoms with Crippen molar-refractivity contribution in [3.63, 3.8) is 0 Å². The second-order valence-electron chi connectivity index (χ2n) is 11.6. The number of aromatic amines is 2. The summed E-state index contributed by atoms with van der Waals surface area (Å²) in [6.45, 7) is 0. The minimum atomic E-state index is -1.60. The van der Waals surface area contributed by atoms with Gasteiger partial charge in [0.15, 0.2) is 0 Å². The molecule has 248 valence electrons. The molecule has 4 amide bonds. The maximum Gasteiger partial charge on any atom is 0.326 e. The van der Waals surface area contributed by atoms with Gasteiger partial charge in [0.25, 0.3) is 0 Å². The van der Waals surface area contributed by atoms with Crippen molar-refractivity contribution in [2.24, 2.45) is 11.5 Å². The highest BCUT2D eigenvalue weighted by Gasteiger charge is 2.32. The van der Waals surface area contributed by atoms with Gasteiger partial charge in [-0.05, 0) is 35.2 Å². The van der Waals surface area contributed by atoms with Gasteiger partial charge in [0.1, 0.15) is 18.1 Å². The van der Waals surface area contributed by atoms with Gasteiger partial charge in [-0.3, -0.25) is 19.2 Å². The van der Waals surface area contributed by atoms with Gasteiger partial charge in [0.05, 0.1) is 12.5 Å². The van der Waals surface area contributed by atoms with Gasteiger partial charge in [-0.2, -0.15) is 0 Å². The third-order valence-electron chi connectivity index (χ3n) is 8.12. The van der Waals surface area contributed by atoms with Gasteiger partial charge in [-0.25, -0.2) is 4.79 Å². The first kappa shape index (κ1) is 33.4. The lowest BCUT2D eigenvalue weighted by atomic mass is 10.0. The van der Waals surface area contributed by atoms with Crippen molar-refractivity contribution >= 4 is 51.4 Å². The number of hydrogen-bond acceptors (Lipinski definition) is 6. The van der Waals surface area contributed by atoms with Crippen molar-refractivity contribution in [3.05, 3.63) is 108 Å². The Morgan fingerprint density at radius 1 is 0.625 bits per heavy atom. The topological polar surface area (TPSA) is 225 Å². The van der Waals surface area contributed by atoms with Gasteiger partial charge in [-0.1, -0.05) is 66.7 Å². The van der Waals surface area contributed by atoms with E-state index in [0.29, 0.717) is 5.56 Å². The van der Waals surface area contributed by atoms with E-state index in [1.807, 2.05) is 48.5 Å². The third kappa shape index (κ3) is 8.25. The first-order valence-electron chi connectivity index (χ1n) is 15.4.